The quantitative estimate of drug-likeness (QED) is 0.347. The maximum atomic E-state index is 13.0. The highest BCUT2D eigenvalue weighted by molar-refractivity contribution is 7.92. The molecule has 0 saturated carbocycles. The first-order valence-corrected chi connectivity index (χ1v) is 12.8. The van der Waals surface area contributed by atoms with E-state index in [9.17, 15) is 18.1 Å². The minimum absolute atomic E-state index is 0.0233. The van der Waals surface area contributed by atoms with Crippen LogP contribution in [0.3, 0.4) is 0 Å². The number of nitroso groups, excluding NO2 is 1. The first-order valence-electron chi connectivity index (χ1n) is 11.0. The van der Waals surface area contributed by atoms with Gasteiger partial charge in [0.25, 0.3) is 15.9 Å². The van der Waals surface area contributed by atoms with Gasteiger partial charge in [-0.25, -0.2) is 8.42 Å². The highest BCUT2D eigenvalue weighted by Gasteiger charge is 2.25. The SMILES string of the molecule is COc1ccccc1N1CCN(C(=O)c2ccc(NS(=O)(=O)c3ccc(Cl)c(N)c3N=O)cc2)CC1. The Morgan fingerprint density at radius 1 is 1.03 bits per heavy atom. The lowest BCUT2D eigenvalue weighted by Crippen LogP contribution is -2.48. The van der Waals surface area contributed by atoms with Crippen molar-refractivity contribution in [3.8, 4) is 5.75 Å². The predicted molar refractivity (Wildman–Crippen MR) is 140 cm³/mol. The van der Waals surface area contributed by atoms with Crippen LogP contribution in [0.1, 0.15) is 10.4 Å². The third-order valence-corrected chi connectivity index (χ3v) is 7.63. The summed E-state index contributed by atoms with van der Waals surface area (Å²) in [6.07, 6.45) is 0. The third-order valence-electron chi connectivity index (χ3n) is 5.88. The fourth-order valence-electron chi connectivity index (χ4n) is 3.99. The molecule has 12 heteroatoms. The summed E-state index contributed by atoms with van der Waals surface area (Å²) in [6, 6.07) is 16.2. The second kappa shape index (κ2) is 10.4. The molecule has 0 unspecified atom stereocenters. The molecule has 1 amide bonds. The number of anilines is 3. The van der Waals surface area contributed by atoms with E-state index in [4.69, 9.17) is 22.1 Å². The molecular weight excluding hydrogens is 506 g/mol. The Bertz CT molecular complexity index is 1390. The second-order valence-corrected chi connectivity index (χ2v) is 10.1. The largest absolute Gasteiger partial charge is 0.495 e. The summed E-state index contributed by atoms with van der Waals surface area (Å²) >= 11 is 5.86. The van der Waals surface area contributed by atoms with Gasteiger partial charge >= 0.3 is 0 Å². The Morgan fingerprint density at radius 2 is 1.69 bits per heavy atom. The number of nitrogens with zero attached hydrogens (tertiary/aromatic N) is 3. The zero-order chi connectivity index (χ0) is 25.9. The van der Waals surface area contributed by atoms with E-state index >= 15 is 0 Å². The number of amides is 1. The molecule has 0 bridgehead atoms. The van der Waals surface area contributed by atoms with E-state index in [2.05, 4.69) is 14.8 Å². The molecular formula is C24H24ClN5O5S. The molecule has 0 aliphatic carbocycles. The minimum Gasteiger partial charge on any atom is -0.495 e. The van der Waals surface area contributed by atoms with Gasteiger partial charge < -0.3 is 20.3 Å². The van der Waals surface area contributed by atoms with E-state index < -0.39 is 20.6 Å². The molecule has 188 valence electrons. The molecule has 3 aromatic carbocycles. The molecule has 1 fully saturated rings. The van der Waals surface area contributed by atoms with Gasteiger partial charge in [-0.15, -0.1) is 4.91 Å². The normalized spacial score (nSPS) is 13.8. The number of hydrogen-bond acceptors (Lipinski definition) is 8. The molecule has 4 rings (SSSR count). The Labute approximate surface area is 213 Å². The summed E-state index contributed by atoms with van der Waals surface area (Å²) in [5, 5.41) is 2.75. The van der Waals surface area contributed by atoms with E-state index in [1.165, 1.54) is 18.2 Å². The molecule has 1 heterocycles. The van der Waals surface area contributed by atoms with Crippen molar-refractivity contribution in [1.82, 2.24) is 4.90 Å². The minimum atomic E-state index is -4.18. The lowest BCUT2D eigenvalue weighted by atomic mass is 10.1. The number of sulfonamides is 1. The van der Waals surface area contributed by atoms with Crippen LogP contribution in [-0.4, -0.2) is 52.5 Å². The number of rotatable bonds is 7. The monoisotopic (exact) mass is 529 g/mol. The van der Waals surface area contributed by atoms with Crippen molar-refractivity contribution in [3.63, 3.8) is 0 Å². The van der Waals surface area contributed by atoms with Crippen molar-refractivity contribution in [2.24, 2.45) is 5.18 Å². The maximum absolute atomic E-state index is 13.0. The summed E-state index contributed by atoms with van der Waals surface area (Å²) in [5.74, 6) is 0.634. The van der Waals surface area contributed by atoms with E-state index in [0.29, 0.717) is 31.7 Å². The molecule has 1 saturated heterocycles. The summed E-state index contributed by atoms with van der Waals surface area (Å²) in [7, 11) is -2.55. The molecule has 1 aliphatic rings. The number of halogens is 1. The fraction of sp³-hybridized carbons (Fsp3) is 0.208. The number of nitrogen functional groups attached to an aromatic ring is 1. The van der Waals surface area contributed by atoms with Crippen LogP contribution in [0, 0.1) is 4.91 Å². The smallest absolute Gasteiger partial charge is 0.264 e. The van der Waals surface area contributed by atoms with E-state index in [1.54, 1.807) is 24.1 Å². The number of para-hydroxylation sites is 2. The number of nitrogens with two attached hydrogens (primary N) is 1. The van der Waals surface area contributed by atoms with Gasteiger partial charge in [-0.2, -0.15) is 0 Å². The van der Waals surface area contributed by atoms with E-state index in [1.807, 2.05) is 24.3 Å². The molecule has 0 spiro atoms. The van der Waals surface area contributed by atoms with Crippen LogP contribution < -0.4 is 20.1 Å². The van der Waals surface area contributed by atoms with Crippen LogP contribution in [0.15, 0.2) is 70.7 Å². The molecule has 0 aromatic heterocycles. The molecule has 1 aliphatic heterocycles. The molecule has 36 heavy (non-hydrogen) atoms. The van der Waals surface area contributed by atoms with E-state index in [0.717, 1.165) is 17.5 Å². The second-order valence-electron chi connectivity index (χ2n) is 8.03. The Kier molecular flexibility index (Phi) is 7.32. The van der Waals surface area contributed by atoms with Gasteiger partial charge in [0.15, 0.2) is 5.69 Å². The molecule has 0 atom stereocenters. The average molecular weight is 530 g/mol. The van der Waals surface area contributed by atoms with Gasteiger partial charge in [0, 0.05) is 37.4 Å². The zero-order valence-corrected chi connectivity index (χ0v) is 20.9. The van der Waals surface area contributed by atoms with Crippen molar-refractivity contribution in [1.29, 1.82) is 0 Å². The van der Waals surface area contributed by atoms with Gasteiger partial charge in [-0.1, -0.05) is 23.7 Å². The first kappa shape index (κ1) is 25.3. The topological polar surface area (TPSA) is 134 Å². The van der Waals surface area contributed by atoms with Crippen LogP contribution in [0.5, 0.6) is 5.75 Å². The summed E-state index contributed by atoms with van der Waals surface area (Å²) in [5.41, 5.74) is 6.63. The van der Waals surface area contributed by atoms with Crippen LogP contribution in [0.4, 0.5) is 22.7 Å². The fourth-order valence-corrected chi connectivity index (χ4v) is 5.35. The number of methoxy groups -OCH3 is 1. The molecule has 3 aromatic rings. The number of nitrogens with one attached hydrogen (secondary N) is 1. The Hall–Kier alpha value is -3.83. The van der Waals surface area contributed by atoms with Crippen LogP contribution in [0.25, 0.3) is 0 Å². The number of benzene rings is 3. The summed E-state index contributed by atoms with van der Waals surface area (Å²) in [4.78, 5) is 27.7. The Balaban J connectivity index is 1.43. The van der Waals surface area contributed by atoms with Crippen molar-refractivity contribution < 1.29 is 17.9 Å². The van der Waals surface area contributed by atoms with Gasteiger partial charge in [0.1, 0.15) is 10.6 Å². The summed E-state index contributed by atoms with van der Waals surface area (Å²) < 4.78 is 33.4. The van der Waals surface area contributed by atoms with Crippen molar-refractivity contribution in [2.45, 2.75) is 4.90 Å². The van der Waals surface area contributed by atoms with E-state index in [-0.39, 0.29) is 22.3 Å². The number of carbonyl (C=O) groups excluding carboxylic acids is 1. The van der Waals surface area contributed by atoms with Gasteiger partial charge in [-0.05, 0) is 53.7 Å². The third kappa shape index (κ3) is 5.07. The number of carbonyl (C=O) groups is 1. The highest BCUT2D eigenvalue weighted by Crippen LogP contribution is 2.36. The van der Waals surface area contributed by atoms with Crippen molar-refractivity contribution >= 4 is 50.3 Å². The average Bonchev–Trinajstić information content (AvgIpc) is 2.90. The number of hydrogen-bond donors (Lipinski definition) is 2. The van der Waals surface area contributed by atoms with Gasteiger partial charge in [-0.3, -0.25) is 9.52 Å². The van der Waals surface area contributed by atoms with Gasteiger partial charge in [0.2, 0.25) is 0 Å². The van der Waals surface area contributed by atoms with Crippen LogP contribution >= 0.6 is 11.6 Å². The first-order chi connectivity index (χ1) is 17.2. The van der Waals surface area contributed by atoms with Crippen molar-refractivity contribution in [3.05, 3.63) is 76.2 Å². The highest BCUT2D eigenvalue weighted by atomic mass is 35.5. The number of piperazine rings is 1. The predicted octanol–water partition coefficient (Wildman–Crippen LogP) is 4.09. The lowest BCUT2D eigenvalue weighted by Gasteiger charge is -2.36. The molecule has 3 N–H and O–H groups in total. The lowest BCUT2D eigenvalue weighted by molar-refractivity contribution is 0.0746. The van der Waals surface area contributed by atoms with Crippen LogP contribution in [-0.2, 0) is 10.0 Å². The van der Waals surface area contributed by atoms with Gasteiger partial charge in [0.05, 0.1) is 23.5 Å². The summed E-state index contributed by atoms with van der Waals surface area (Å²) in [6.45, 7) is 2.37. The van der Waals surface area contributed by atoms with Crippen molar-refractivity contribution in [2.75, 3.05) is 48.6 Å². The zero-order valence-electron chi connectivity index (χ0n) is 19.3. The molecule has 10 nitrogen and oxygen atoms in total. The molecule has 0 radical (unpaired) electrons. The maximum Gasteiger partial charge on any atom is 0.264 e. The number of ether oxygens (including phenoxy) is 1. The Morgan fingerprint density at radius 3 is 2.33 bits per heavy atom. The standard InChI is InChI=1S/C24H24ClN5O5S/c1-35-20-5-3-2-4-19(20)29-12-14-30(15-13-29)24(31)16-6-8-17(9-7-16)28-36(33,34)21-11-10-18(25)22(26)23(21)27-32/h2-11,28H,12-15,26H2,1H3. The van der Waals surface area contributed by atoms with Crippen LogP contribution in [0.2, 0.25) is 5.02 Å².